The van der Waals surface area contributed by atoms with Crippen molar-refractivity contribution in [3.05, 3.63) is 77.3 Å². The average molecular weight is 445 g/mol. The molecule has 156 valence electrons. The predicted molar refractivity (Wildman–Crippen MR) is 114 cm³/mol. The Bertz CT molecular complexity index is 1160. The lowest BCUT2D eigenvalue weighted by molar-refractivity contribution is 0.0939. The van der Waals surface area contributed by atoms with Gasteiger partial charge in [-0.3, -0.25) is 4.79 Å². The molecule has 4 rings (SSSR count). The fourth-order valence-corrected chi connectivity index (χ4v) is 4.88. The predicted octanol–water partition coefficient (Wildman–Crippen LogP) is 3.46. The zero-order valence-electron chi connectivity index (χ0n) is 16.2. The molecule has 2 aromatic carbocycles. The molecule has 0 spiro atoms. The number of nitrogens with one attached hydrogen (secondary N) is 2. The number of amides is 1. The van der Waals surface area contributed by atoms with Crippen molar-refractivity contribution in [3.8, 4) is 5.69 Å². The van der Waals surface area contributed by atoms with Crippen LogP contribution in [0.3, 0.4) is 0 Å². The molecule has 30 heavy (non-hydrogen) atoms. The largest absolute Gasteiger partial charge is 0.346 e. The third kappa shape index (κ3) is 4.56. The number of sulfonamides is 1. The van der Waals surface area contributed by atoms with E-state index in [4.69, 9.17) is 11.6 Å². The Morgan fingerprint density at radius 3 is 2.57 bits per heavy atom. The van der Waals surface area contributed by atoms with Gasteiger partial charge in [0.2, 0.25) is 10.0 Å². The van der Waals surface area contributed by atoms with Crippen LogP contribution >= 0.6 is 11.6 Å². The summed E-state index contributed by atoms with van der Waals surface area (Å²) in [6, 6.07) is 11.7. The molecule has 0 aliphatic heterocycles. The van der Waals surface area contributed by atoms with Crippen LogP contribution in [-0.4, -0.2) is 29.9 Å². The summed E-state index contributed by atoms with van der Waals surface area (Å²) >= 11 is 6.09. The smallest absolute Gasteiger partial charge is 0.251 e. The number of nitrogens with zero attached hydrogens (tertiary/aromatic N) is 2. The van der Waals surface area contributed by atoms with Crippen molar-refractivity contribution >= 4 is 27.5 Å². The second-order valence-electron chi connectivity index (χ2n) is 7.30. The highest BCUT2D eigenvalue weighted by Gasteiger charge is 2.29. The number of hydrogen-bond acceptors (Lipinski definition) is 4. The summed E-state index contributed by atoms with van der Waals surface area (Å²) in [6.07, 6.45) is 6.90. The lowest BCUT2D eigenvalue weighted by atomic mass is 10.1. The maximum atomic E-state index is 12.7. The summed E-state index contributed by atoms with van der Waals surface area (Å²) in [5.74, 6) is -0.374. The van der Waals surface area contributed by atoms with E-state index in [1.54, 1.807) is 12.5 Å². The number of benzene rings is 2. The van der Waals surface area contributed by atoms with Gasteiger partial charge >= 0.3 is 0 Å². The van der Waals surface area contributed by atoms with E-state index in [0.717, 1.165) is 24.1 Å². The van der Waals surface area contributed by atoms with Crippen molar-refractivity contribution in [2.75, 3.05) is 0 Å². The molecule has 1 atom stereocenters. The molecule has 9 heteroatoms. The maximum Gasteiger partial charge on any atom is 0.251 e. The molecular formula is C21H21ClN4O3S. The minimum Gasteiger partial charge on any atom is -0.346 e. The third-order valence-electron chi connectivity index (χ3n) is 4.93. The van der Waals surface area contributed by atoms with Gasteiger partial charge in [-0.25, -0.2) is 18.1 Å². The quantitative estimate of drug-likeness (QED) is 0.583. The molecule has 1 saturated carbocycles. The van der Waals surface area contributed by atoms with Gasteiger partial charge < -0.3 is 9.88 Å². The van der Waals surface area contributed by atoms with E-state index in [9.17, 15) is 13.2 Å². The molecular weight excluding hydrogens is 424 g/mol. The number of aromatic nitrogens is 2. The van der Waals surface area contributed by atoms with Crippen LogP contribution in [0.1, 0.15) is 41.7 Å². The SMILES string of the molecule is CC(NC(=O)c1ccc(Cl)c(S(=O)(=O)NC2CC2)c1)c1ccc(-n2ccnc2)cc1. The van der Waals surface area contributed by atoms with Crippen LogP contribution in [0.5, 0.6) is 0 Å². The monoisotopic (exact) mass is 444 g/mol. The van der Waals surface area contributed by atoms with Crippen molar-refractivity contribution in [1.29, 1.82) is 0 Å². The lowest BCUT2D eigenvalue weighted by Crippen LogP contribution is -2.28. The highest BCUT2D eigenvalue weighted by Crippen LogP contribution is 2.27. The van der Waals surface area contributed by atoms with Crippen molar-refractivity contribution in [2.45, 2.75) is 36.7 Å². The van der Waals surface area contributed by atoms with Gasteiger partial charge in [0, 0.05) is 29.7 Å². The summed E-state index contributed by atoms with van der Waals surface area (Å²) in [4.78, 5) is 16.7. The average Bonchev–Trinajstić information content (AvgIpc) is 3.35. The molecule has 1 fully saturated rings. The molecule has 1 unspecified atom stereocenters. The first-order valence-electron chi connectivity index (χ1n) is 9.54. The number of halogens is 1. The summed E-state index contributed by atoms with van der Waals surface area (Å²) in [7, 11) is -3.76. The molecule has 1 heterocycles. The third-order valence-corrected chi connectivity index (χ3v) is 6.93. The first kappa shape index (κ1) is 20.6. The molecule has 1 aromatic heterocycles. The van der Waals surface area contributed by atoms with Gasteiger partial charge in [0.1, 0.15) is 4.90 Å². The van der Waals surface area contributed by atoms with E-state index in [0.29, 0.717) is 0 Å². The van der Waals surface area contributed by atoms with E-state index in [2.05, 4.69) is 15.0 Å². The molecule has 2 N–H and O–H groups in total. The fraction of sp³-hybridized carbons (Fsp3) is 0.238. The van der Waals surface area contributed by atoms with Crippen molar-refractivity contribution in [2.24, 2.45) is 0 Å². The van der Waals surface area contributed by atoms with E-state index in [1.807, 2.05) is 42.0 Å². The number of hydrogen-bond donors (Lipinski definition) is 2. The molecule has 1 aliphatic rings. The first-order chi connectivity index (χ1) is 14.3. The van der Waals surface area contributed by atoms with Gasteiger partial charge in [0.25, 0.3) is 5.91 Å². The minimum absolute atomic E-state index is 0.0473. The van der Waals surface area contributed by atoms with Gasteiger partial charge in [-0.05, 0) is 55.7 Å². The van der Waals surface area contributed by atoms with Crippen molar-refractivity contribution in [3.63, 3.8) is 0 Å². The van der Waals surface area contributed by atoms with Gasteiger partial charge in [-0.1, -0.05) is 23.7 Å². The summed E-state index contributed by atoms with van der Waals surface area (Å²) in [5.41, 5.74) is 2.12. The Kier molecular flexibility index (Phi) is 5.64. The molecule has 1 aliphatic carbocycles. The highest BCUT2D eigenvalue weighted by molar-refractivity contribution is 7.89. The first-order valence-corrected chi connectivity index (χ1v) is 11.4. The van der Waals surface area contributed by atoms with Crippen LogP contribution in [0.15, 0.2) is 66.1 Å². The summed E-state index contributed by atoms with van der Waals surface area (Å²) < 4.78 is 29.5. The number of rotatable bonds is 7. The van der Waals surface area contributed by atoms with Crippen molar-refractivity contribution < 1.29 is 13.2 Å². The highest BCUT2D eigenvalue weighted by atomic mass is 35.5. The van der Waals surface area contributed by atoms with Crippen LogP contribution in [-0.2, 0) is 10.0 Å². The van der Waals surface area contributed by atoms with Crippen LogP contribution in [0.4, 0.5) is 0 Å². The zero-order valence-corrected chi connectivity index (χ0v) is 17.8. The van der Waals surface area contributed by atoms with Crippen LogP contribution in [0, 0.1) is 0 Å². The molecule has 7 nitrogen and oxygen atoms in total. The Morgan fingerprint density at radius 2 is 1.93 bits per heavy atom. The van der Waals surface area contributed by atoms with E-state index < -0.39 is 10.0 Å². The Morgan fingerprint density at radius 1 is 1.20 bits per heavy atom. The zero-order chi connectivity index (χ0) is 21.3. The van der Waals surface area contributed by atoms with Gasteiger partial charge in [0.05, 0.1) is 17.4 Å². The number of carbonyl (C=O) groups is 1. The van der Waals surface area contributed by atoms with Crippen molar-refractivity contribution in [1.82, 2.24) is 19.6 Å². The molecule has 3 aromatic rings. The summed E-state index contributed by atoms with van der Waals surface area (Å²) in [5, 5.41) is 2.99. The standard InChI is InChI=1S/C21H21ClN4O3S/c1-14(15-2-7-18(8-3-15)26-11-10-23-13-26)24-21(27)16-4-9-19(22)20(12-16)30(28,29)25-17-5-6-17/h2-4,7-14,17,25H,5-6H2,1H3,(H,24,27). The number of carbonyl (C=O) groups excluding carboxylic acids is 1. The normalized spacial score (nSPS) is 15.0. The van der Waals surface area contributed by atoms with Crippen LogP contribution in [0.2, 0.25) is 5.02 Å². The molecule has 1 amide bonds. The molecule has 0 radical (unpaired) electrons. The second kappa shape index (κ2) is 8.22. The lowest BCUT2D eigenvalue weighted by Gasteiger charge is -2.16. The second-order valence-corrected chi connectivity index (χ2v) is 9.39. The maximum absolute atomic E-state index is 12.7. The van der Waals surface area contributed by atoms with E-state index >= 15 is 0 Å². The fourth-order valence-electron chi connectivity index (χ4n) is 3.04. The van der Waals surface area contributed by atoms with Crippen LogP contribution in [0.25, 0.3) is 5.69 Å². The van der Waals surface area contributed by atoms with Gasteiger partial charge in [-0.2, -0.15) is 0 Å². The summed E-state index contributed by atoms with van der Waals surface area (Å²) in [6.45, 7) is 1.87. The molecule has 0 saturated heterocycles. The van der Waals surface area contributed by atoms with Gasteiger partial charge in [0.15, 0.2) is 0 Å². The van der Waals surface area contributed by atoms with Gasteiger partial charge in [-0.15, -0.1) is 0 Å². The number of imidazole rings is 1. The van der Waals surface area contributed by atoms with E-state index in [-0.39, 0.29) is 33.5 Å². The Labute approximate surface area is 180 Å². The minimum atomic E-state index is -3.76. The Balaban J connectivity index is 1.48. The molecule has 0 bridgehead atoms. The van der Waals surface area contributed by atoms with Crippen LogP contribution < -0.4 is 10.0 Å². The Hall–Kier alpha value is -2.68. The van der Waals surface area contributed by atoms with E-state index in [1.165, 1.54) is 18.2 Å². The topological polar surface area (TPSA) is 93.1 Å².